The van der Waals surface area contributed by atoms with Crippen LogP contribution in [0.2, 0.25) is 0 Å². The summed E-state index contributed by atoms with van der Waals surface area (Å²) in [4.78, 5) is 22.9. The first-order chi connectivity index (χ1) is 12.3. The van der Waals surface area contributed by atoms with E-state index in [9.17, 15) is 24.9 Å². The Morgan fingerprint density at radius 3 is 2.19 bits per heavy atom. The van der Waals surface area contributed by atoms with Gasteiger partial charge in [0.15, 0.2) is 0 Å². The molecule has 0 aromatic heterocycles. The summed E-state index contributed by atoms with van der Waals surface area (Å²) in [5, 5.41) is 39.4. The third-order valence-electron chi connectivity index (χ3n) is 4.50. The van der Waals surface area contributed by atoms with Gasteiger partial charge in [-0.25, -0.2) is 4.79 Å². The number of carbonyl (C=O) groups is 2. The van der Waals surface area contributed by atoms with Gasteiger partial charge in [-0.15, -0.1) is 0 Å². The van der Waals surface area contributed by atoms with Crippen molar-refractivity contribution in [3.05, 3.63) is 83.1 Å². The van der Waals surface area contributed by atoms with Gasteiger partial charge in [0.25, 0.3) is 0 Å². The second-order valence-electron chi connectivity index (χ2n) is 6.05. The molecule has 0 saturated carbocycles. The zero-order valence-electron chi connectivity index (χ0n) is 13.6. The Morgan fingerprint density at radius 2 is 1.65 bits per heavy atom. The number of aromatic carboxylic acids is 1. The molecule has 0 radical (unpaired) electrons. The second-order valence-corrected chi connectivity index (χ2v) is 6.05. The van der Waals surface area contributed by atoms with E-state index in [2.05, 4.69) is 0 Å². The largest absolute Gasteiger partial charge is 0.512 e. The molecule has 1 unspecified atom stereocenters. The Hall–Kier alpha value is -3.54. The zero-order chi connectivity index (χ0) is 18.9. The molecule has 4 N–H and O–H groups in total. The smallest absolute Gasteiger partial charge is 0.335 e. The summed E-state index contributed by atoms with van der Waals surface area (Å²) >= 11 is 0. The van der Waals surface area contributed by atoms with Crippen LogP contribution in [0, 0.1) is 0 Å². The van der Waals surface area contributed by atoms with Crippen LogP contribution in [0.15, 0.2) is 66.4 Å². The number of phenolic OH excluding ortho intramolecular Hbond substituents is 1. The topological polar surface area (TPSA) is 115 Å². The molecule has 3 rings (SSSR count). The Bertz CT molecular complexity index is 942. The number of aliphatic hydroxyl groups is 1. The molecule has 0 spiro atoms. The molecule has 0 heterocycles. The number of benzene rings is 2. The van der Waals surface area contributed by atoms with Crippen molar-refractivity contribution in [2.24, 2.45) is 0 Å². The number of hydrogen-bond acceptors (Lipinski definition) is 4. The average molecular weight is 352 g/mol. The highest BCUT2D eigenvalue weighted by atomic mass is 16.4. The molecule has 1 atom stereocenters. The molecule has 0 fully saturated rings. The van der Waals surface area contributed by atoms with Gasteiger partial charge < -0.3 is 20.4 Å². The molecule has 0 aliphatic heterocycles. The highest BCUT2D eigenvalue weighted by Gasteiger charge is 2.41. The van der Waals surface area contributed by atoms with E-state index in [4.69, 9.17) is 5.11 Å². The fraction of sp³-hybridized carbons (Fsp3) is 0.100. The van der Waals surface area contributed by atoms with E-state index < -0.39 is 17.4 Å². The van der Waals surface area contributed by atoms with Crippen molar-refractivity contribution in [2.75, 3.05) is 0 Å². The van der Waals surface area contributed by atoms with Crippen molar-refractivity contribution >= 4 is 17.5 Å². The quantitative estimate of drug-likeness (QED) is 0.671. The standard InChI is InChI=1S/C20H16O6/c21-16-10-12(18(23)24)6-7-14(16)15-8-9-20(19(25)26,11-17(15)22)13-4-2-1-3-5-13/h1-10,21-22H,11H2,(H,23,24)(H,25,26). The van der Waals surface area contributed by atoms with E-state index in [1.807, 2.05) is 0 Å². The fourth-order valence-electron chi connectivity index (χ4n) is 3.08. The molecule has 1 aliphatic carbocycles. The molecular formula is C20H16O6. The van der Waals surface area contributed by atoms with E-state index in [-0.39, 0.29) is 34.6 Å². The SMILES string of the molecule is O=C(O)c1ccc(C2=C(O)CC(C(=O)O)(c3ccccc3)C=C2)c(O)c1. The van der Waals surface area contributed by atoms with Gasteiger partial charge in [0, 0.05) is 17.6 Å². The maximum absolute atomic E-state index is 12.0. The van der Waals surface area contributed by atoms with Gasteiger partial charge in [-0.2, -0.15) is 0 Å². The Kier molecular flexibility index (Phi) is 4.26. The maximum atomic E-state index is 12.0. The van der Waals surface area contributed by atoms with Crippen LogP contribution in [0.4, 0.5) is 0 Å². The van der Waals surface area contributed by atoms with Gasteiger partial charge in [0.1, 0.15) is 16.9 Å². The zero-order valence-corrected chi connectivity index (χ0v) is 13.6. The summed E-state index contributed by atoms with van der Waals surface area (Å²) in [6.07, 6.45) is 2.73. The highest BCUT2D eigenvalue weighted by Crippen LogP contribution is 2.41. The molecule has 2 aromatic rings. The Labute approximate surface area is 149 Å². The first-order valence-electron chi connectivity index (χ1n) is 7.82. The van der Waals surface area contributed by atoms with Crippen LogP contribution in [0.1, 0.15) is 27.9 Å². The number of aliphatic carboxylic acids is 1. The fourth-order valence-corrected chi connectivity index (χ4v) is 3.08. The molecule has 132 valence electrons. The summed E-state index contributed by atoms with van der Waals surface area (Å²) < 4.78 is 0. The number of hydrogen-bond donors (Lipinski definition) is 4. The molecule has 6 heteroatoms. The normalized spacial score (nSPS) is 19.4. The number of aliphatic hydroxyl groups excluding tert-OH is 1. The number of allylic oxidation sites excluding steroid dienone is 3. The lowest BCUT2D eigenvalue weighted by atomic mass is 9.73. The van der Waals surface area contributed by atoms with Crippen molar-refractivity contribution in [2.45, 2.75) is 11.8 Å². The third-order valence-corrected chi connectivity index (χ3v) is 4.50. The van der Waals surface area contributed by atoms with Crippen molar-refractivity contribution in [1.29, 1.82) is 0 Å². The lowest BCUT2D eigenvalue weighted by Crippen LogP contribution is -2.35. The van der Waals surface area contributed by atoms with Crippen LogP contribution >= 0.6 is 0 Å². The van der Waals surface area contributed by atoms with Gasteiger partial charge in [-0.3, -0.25) is 4.79 Å². The third kappa shape index (κ3) is 2.82. The van der Waals surface area contributed by atoms with E-state index in [1.54, 1.807) is 30.3 Å². The summed E-state index contributed by atoms with van der Waals surface area (Å²) in [5.74, 6) is -2.79. The first kappa shape index (κ1) is 17.3. The van der Waals surface area contributed by atoms with Crippen LogP contribution < -0.4 is 0 Å². The molecule has 26 heavy (non-hydrogen) atoms. The molecule has 6 nitrogen and oxygen atoms in total. The number of aromatic hydroxyl groups is 1. The predicted octanol–water partition coefficient (Wildman–Crippen LogP) is 3.34. The summed E-state index contributed by atoms with van der Waals surface area (Å²) in [6.45, 7) is 0. The van der Waals surface area contributed by atoms with E-state index in [1.165, 1.54) is 24.3 Å². The summed E-state index contributed by atoms with van der Waals surface area (Å²) in [7, 11) is 0. The molecular weight excluding hydrogens is 336 g/mol. The predicted molar refractivity (Wildman–Crippen MR) is 94.1 cm³/mol. The van der Waals surface area contributed by atoms with E-state index >= 15 is 0 Å². The summed E-state index contributed by atoms with van der Waals surface area (Å²) in [6, 6.07) is 12.3. The minimum atomic E-state index is -1.41. The molecule has 0 saturated heterocycles. The lowest BCUT2D eigenvalue weighted by molar-refractivity contribution is -0.142. The van der Waals surface area contributed by atoms with Gasteiger partial charge in [0.2, 0.25) is 0 Å². The lowest BCUT2D eigenvalue weighted by Gasteiger charge is -2.30. The van der Waals surface area contributed by atoms with Crippen molar-refractivity contribution in [3.63, 3.8) is 0 Å². The van der Waals surface area contributed by atoms with Crippen molar-refractivity contribution in [1.82, 2.24) is 0 Å². The van der Waals surface area contributed by atoms with Gasteiger partial charge in [0.05, 0.1) is 5.56 Å². The second kappa shape index (κ2) is 6.40. The molecule has 0 amide bonds. The van der Waals surface area contributed by atoms with E-state index in [0.29, 0.717) is 5.56 Å². The van der Waals surface area contributed by atoms with Crippen LogP contribution in [-0.4, -0.2) is 32.4 Å². The summed E-state index contributed by atoms with van der Waals surface area (Å²) in [5.41, 5.74) is -0.482. The van der Waals surface area contributed by atoms with Crippen LogP contribution in [0.5, 0.6) is 5.75 Å². The number of carboxylic acid groups (broad SMARTS) is 2. The monoisotopic (exact) mass is 352 g/mol. The average Bonchev–Trinajstić information content (AvgIpc) is 2.62. The Balaban J connectivity index is 2.04. The van der Waals surface area contributed by atoms with Crippen LogP contribution in [0.3, 0.4) is 0 Å². The molecule has 2 aromatic carbocycles. The van der Waals surface area contributed by atoms with Crippen LogP contribution in [-0.2, 0) is 10.2 Å². The first-order valence-corrected chi connectivity index (χ1v) is 7.82. The van der Waals surface area contributed by atoms with Gasteiger partial charge in [-0.1, -0.05) is 42.5 Å². The minimum Gasteiger partial charge on any atom is -0.512 e. The minimum absolute atomic E-state index is 0.0877. The Morgan fingerprint density at radius 1 is 0.962 bits per heavy atom. The van der Waals surface area contributed by atoms with Crippen LogP contribution in [0.25, 0.3) is 5.57 Å². The van der Waals surface area contributed by atoms with Crippen molar-refractivity contribution in [3.8, 4) is 5.75 Å². The van der Waals surface area contributed by atoms with Crippen molar-refractivity contribution < 1.29 is 30.0 Å². The van der Waals surface area contributed by atoms with Gasteiger partial charge >= 0.3 is 11.9 Å². The van der Waals surface area contributed by atoms with Gasteiger partial charge in [-0.05, 0) is 23.8 Å². The molecule has 0 bridgehead atoms. The number of rotatable bonds is 4. The van der Waals surface area contributed by atoms with E-state index in [0.717, 1.165) is 6.07 Å². The highest BCUT2D eigenvalue weighted by molar-refractivity contribution is 5.92. The maximum Gasteiger partial charge on any atom is 0.335 e. The molecule has 1 aliphatic rings. The number of phenols is 1. The number of carboxylic acids is 2.